The van der Waals surface area contributed by atoms with Crippen LogP contribution in [0.15, 0.2) is 42.5 Å². The van der Waals surface area contributed by atoms with Crippen LogP contribution in [0.4, 0.5) is 16.2 Å². The third kappa shape index (κ3) is 4.76. The summed E-state index contributed by atoms with van der Waals surface area (Å²) >= 11 is 6.00. The van der Waals surface area contributed by atoms with Crippen LogP contribution < -0.4 is 16.0 Å². The standard InChI is InChI=1S/C20H22ClN3O2/c1-12-6-9-17(23-19(25)14-7-8-14)11-18(12)24-20(26)22-13(2)15-4-3-5-16(21)10-15/h3-6,9-11,13-14H,7-8H2,1-2H3,(H,23,25)(H2,22,24,26). The third-order valence-electron chi connectivity index (χ3n) is 4.40. The molecule has 0 heterocycles. The molecule has 1 aliphatic rings. The first kappa shape index (κ1) is 18.3. The molecule has 2 aromatic rings. The van der Waals surface area contributed by atoms with Gasteiger partial charge >= 0.3 is 6.03 Å². The van der Waals surface area contributed by atoms with Crippen LogP contribution in [0.1, 0.15) is 36.9 Å². The highest BCUT2D eigenvalue weighted by molar-refractivity contribution is 6.30. The number of rotatable bonds is 5. The van der Waals surface area contributed by atoms with Gasteiger partial charge in [-0.2, -0.15) is 0 Å². The number of amides is 3. The maximum Gasteiger partial charge on any atom is 0.319 e. The maximum atomic E-state index is 12.3. The highest BCUT2D eigenvalue weighted by Gasteiger charge is 2.29. The van der Waals surface area contributed by atoms with Gasteiger partial charge in [0, 0.05) is 22.3 Å². The van der Waals surface area contributed by atoms with E-state index in [1.54, 1.807) is 12.1 Å². The van der Waals surface area contributed by atoms with Crippen LogP contribution in [-0.4, -0.2) is 11.9 Å². The van der Waals surface area contributed by atoms with Gasteiger partial charge in [-0.05, 0) is 62.1 Å². The lowest BCUT2D eigenvalue weighted by atomic mass is 10.1. The average molecular weight is 372 g/mol. The lowest BCUT2D eigenvalue weighted by Crippen LogP contribution is -2.31. The first-order chi connectivity index (χ1) is 12.4. The number of hydrogen-bond donors (Lipinski definition) is 3. The van der Waals surface area contributed by atoms with Crippen LogP contribution >= 0.6 is 11.6 Å². The molecule has 3 amide bonds. The number of nitrogens with one attached hydrogen (secondary N) is 3. The zero-order valence-electron chi connectivity index (χ0n) is 14.8. The van der Waals surface area contributed by atoms with E-state index in [2.05, 4.69) is 16.0 Å². The molecule has 0 bridgehead atoms. The van der Waals surface area contributed by atoms with Gasteiger partial charge in [-0.15, -0.1) is 0 Å². The summed E-state index contributed by atoms with van der Waals surface area (Å²) in [7, 11) is 0. The first-order valence-electron chi connectivity index (χ1n) is 8.67. The van der Waals surface area contributed by atoms with Crippen LogP contribution in [-0.2, 0) is 4.79 Å². The summed E-state index contributed by atoms with van der Waals surface area (Å²) in [4.78, 5) is 24.2. The molecule has 1 aliphatic carbocycles. The summed E-state index contributed by atoms with van der Waals surface area (Å²) in [6, 6.07) is 12.4. The van der Waals surface area contributed by atoms with E-state index in [9.17, 15) is 9.59 Å². The highest BCUT2D eigenvalue weighted by atomic mass is 35.5. The van der Waals surface area contributed by atoms with Crippen molar-refractivity contribution in [2.24, 2.45) is 5.92 Å². The van der Waals surface area contributed by atoms with E-state index in [0.29, 0.717) is 16.4 Å². The highest BCUT2D eigenvalue weighted by Crippen LogP contribution is 2.31. The van der Waals surface area contributed by atoms with E-state index in [4.69, 9.17) is 11.6 Å². The number of anilines is 2. The van der Waals surface area contributed by atoms with Crippen LogP contribution in [0, 0.1) is 12.8 Å². The van der Waals surface area contributed by atoms with Crippen molar-refractivity contribution in [2.45, 2.75) is 32.7 Å². The zero-order valence-corrected chi connectivity index (χ0v) is 15.6. The van der Waals surface area contributed by atoms with Gasteiger partial charge in [-0.1, -0.05) is 29.8 Å². The van der Waals surface area contributed by atoms with Crippen LogP contribution in [0.2, 0.25) is 5.02 Å². The van der Waals surface area contributed by atoms with Crippen molar-refractivity contribution in [2.75, 3.05) is 10.6 Å². The maximum absolute atomic E-state index is 12.3. The number of halogens is 1. The monoisotopic (exact) mass is 371 g/mol. The molecule has 0 radical (unpaired) electrons. The molecule has 136 valence electrons. The molecule has 3 rings (SSSR count). The molecule has 1 atom stereocenters. The van der Waals surface area contributed by atoms with E-state index in [1.807, 2.05) is 44.2 Å². The van der Waals surface area contributed by atoms with Crippen molar-refractivity contribution in [3.63, 3.8) is 0 Å². The molecule has 2 aromatic carbocycles. The Morgan fingerprint density at radius 1 is 1.12 bits per heavy atom. The van der Waals surface area contributed by atoms with Gasteiger partial charge in [0.25, 0.3) is 0 Å². The third-order valence-corrected chi connectivity index (χ3v) is 4.63. The molecule has 3 N–H and O–H groups in total. The SMILES string of the molecule is Cc1ccc(NC(=O)C2CC2)cc1NC(=O)NC(C)c1cccc(Cl)c1. The molecule has 0 spiro atoms. The molecule has 1 saturated carbocycles. The minimum absolute atomic E-state index is 0.0406. The minimum Gasteiger partial charge on any atom is -0.331 e. The summed E-state index contributed by atoms with van der Waals surface area (Å²) in [6.07, 6.45) is 1.90. The molecule has 1 unspecified atom stereocenters. The van der Waals surface area contributed by atoms with Crippen molar-refractivity contribution < 1.29 is 9.59 Å². The second-order valence-corrected chi connectivity index (χ2v) is 7.10. The number of aryl methyl sites for hydroxylation is 1. The number of carbonyl (C=O) groups excluding carboxylic acids is 2. The smallest absolute Gasteiger partial charge is 0.319 e. The van der Waals surface area contributed by atoms with Crippen molar-refractivity contribution in [3.8, 4) is 0 Å². The Labute approximate surface area is 158 Å². The Balaban J connectivity index is 1.63. The molecule has 1 fully saturated rings. The van der Waals surface area contributed by atoms with Gasteiger partial charge in [-0.3, -0.25) is 4.79 Å². The van der Waals surface area contributed by atoms with E-state index >= 15 is 0 Å². The summed E-state index contributed by atoms with van der Waals surface area (Å²) < 4.78 is 0. The summed E-state index contributed by atoms with van der Waals surface area (Å²) in [5.74, 6) is 0.174. The molecular weight excluding hydrogens is 350 g/mol. The Bertz CT molecular complexity index is 834. The van der Waals surface area contributed by atoms with Crippen molar-refractivity contribution in [1.29, 1.82) is 0 Å². The Kier molecular flexibility index (Phi) is 5.47. The van der Waals surface area contributed by atoms with E-state index in [1.165, 1.54) is 0 Å². The lowest BCUT2D eigenvalue weighted by Gasteiger charge is -2.17. The predicted octanol–water partition coefficient (Wildman–Crippen LogP) is 4.88. The molecule has 0 aliphatic heterocycles. The lowest BCUT2D eigenvalue weighted by molar-refractivity contribution is -0.117. The fourth-order valence-corrected chi connectivity index (χ4v) is 2.84. The van der Waals surface area contributed by atoms with E-state index in [0.717, 1.165) is 24.0 Å². The normalized spacial score (nSPS) is 14.4. The van der Waals surface area contributed by atoms with Gasteiger partial charge in [0.05, 0.1) is 6.04 Å². The quantitative estimate of drug-likeness (QED) is 0.701. The number of urea groups is 1. The van der Waals surface area contributed by atoms with Crippen LogP contribution in [0.25, 0.3) is 0 Å². The second-order valence-electron chi connectivity index (χ2n) is 6.67. The van der Waals surface area contributed by atoms with Gasteiger partial charge in [0.2, 0.25) is 5.91 Å². The molecule has 0 saturated heterocycles. The van der Waals surface area contributed by atoms with Crippen LogP contribution in [0.3, 0.4) is 0 Å². The minimum atomic E-state index is -0.314. The van der Waals surface area contributed by atoms with Crippen molar-refractivity contribution >= 4 is 34.9 Å². The number of hydrogen-bond acceptors (Lipinski definition) is 2. The molecule has 0 aromatic heterocycles. The Morgan fingerprint density at radius 3 is 2.58 bits per heavy atom. The van der Waals surface area contributed by atoms with Gasteiger partial charge < -0.3 is 16.0 Å². The summed E-state index contributed by atoms with van der Waals surface area (Å²) in [5, 5.41) is 9.26. The van der Waals surface area contributed by atoms with Gasteiger partial charge in [0.1, 0.15) is 0 Å². The second kappa shape index (κ2) is 7.79. The summed E-state index contributed by atoms with van der Waals surface area (Å²) in [5.41, 5.74) is 3.19. The van der Waals surface area contributed by atoms with Gasteiger partial charge in [0.15, 0.2) is 0 Å². The van der Waals surface area contributed by atoms with Gasteiger partial charge in [-0.25, -0.2) is 4.79 Å². The average Bonchev–Trinajstić information content (AvgIpc) is 3.43. The van der Waals surface area contributed by atoms with Crippen molar-refractivity contribution in [3.05, 3.63) is 58.6 Å². The zero-order chi connectivity index (χ0) is 18.7. The number of benzene rings is 2. The van der Waals surface area contributed by atoms with E-state index < -0.39 is 0 Å². The fourth-order valence-electron chi connectivity index (χ4n) is 2.64. The van der Waals surface area contributed by atoms with E-state index in [-0.39, 0.29) is 23.9 Å². The van der Waals surface area contributed by atoms with Crippen molar-refractivity contribution in [1.82, 2.24) is 5.32 Å². The first-order valence-corrected chi connectivity index (χ1v) is 9.04. The summed E-state index contributed by atoms with van der Waals surface area (Å²) in [6.45, 7) is 3.80. The largest absolute Gasteiger partial charge is 0.331 e. The van der Waals surface area contributed by atoms with Crippen LogP contribution in [0.5, 0.6) is 0 Å². The predicted molar refractivity (Wildman–Crippen MR) is 105 cm³/mol. The molecule has 5 nitrogen and oxygen atoms in total. The topological polar surface area (TPSA) is 70.2 Å². The Hall–Kier alpha value is -2.53. The fraction of sp³-hybridized carbons (Fsp3) is 0.300. The number of carbonyl (C=O) groups is 2. The molecule has 6 heteroatoms. The Morgan fingerprint density at radius 2 is 1.88 bits per heavy atom. The molecular formula is C20H22ClN3O2. The molecule has 26 heavy (non-hydrogen) atoms.